The Morgan fingerprint density at radius 1 is 1.18 bits per heavy atom. The lowest BCUT2D eigenvalue weighted by atomic mass is 9.80. The SMILES string of the molecule is COc1cc2nn([C@H]3CC[C@H](N(C)C(=O)[C@H]4C[C@@H](O)C4)CC3)cc2cc1C(=O)Nc1cnn2cccnc12. The summed E-state index contributed by atoms with van der Waals surface area (Å²) in [6.07, 6.45) is 11.4. The molecule has 0 saturated heterocycles. The standard InChI is InChI=1S/C27H31N7O4/c1-32(27(37)16-10-20(35)11-16)18-4-6-19(7-5-18)34-15-17-12-21(24(38-2)13-22(17)31-34)26(36)30-23-14-29-33-9-3-8-28-25(23)33/h3,8-9,12-16,18-20,35H,4-7,10-11H2,1-2H3,(H,30,36)/t16-,18-,19-,20+. The molecule has 4 aromatic rings. The van der Waals surface area contributed by atoms with Crippen LogP contribution in [0.5, 0.6) is 5.75 Å². The lowest BCUT2D eigenvalue weighted by molar-refractivity contribution is -0.143. The second-order valence-corrected chi connectivity index (χ2v) is 10.4. The highest BCUT2D eigenvalue weighted by Crippen LogP contribution is 2.35. The summed E-state index contributed by atoms with van der Waals surface area (Å²) in [4.78, 5) is 32.1. The molecule has 0 atom stereocenters. The van der Waals surface area contributed by atoms with E-state index in [1.54, 1.807) is 41.3 Å². The molecule has 2 saturated carbocycles. The molecule has 2 amide bonds. The number of carbonyl (C=O) groups excluding carboxylic acids is 2. The Balaban J connectivity index is 1.16. The molecule has 198 valence electrons. The van der Waals surface area contributed by atoms with Gasteiger partial charge in [0.1, 0.15) is 11.4 Å². The van der Waals surface area contributed by atoms with E-state index in [2.05, 4.69) is 15.4 Å². The zero-order valence-electron chi connectivity index (χ0n) is 21.4. The van der Waals surface area contributed by atoms with Gasteiger partial charge in [0.2, 0.25) is 5.91 Å². The van der Waals surface area contributed by atoms with Crippen molar-refractivity contribution in [3.63, 3.8) is 0 Å². The number of hydrogen-bond donors (Lipinski definition) is 2. The smallest absolute Gasteiger partial charge is 0.259 e. The topological polar surface area (TPSA) is 127 Å². The highest BCUT2D eigenvalue weighted by atomic mass is 16.5. The molecule has 0 unspecified atom stereocenters. The molecule has 0 bridgehead atoms. The van der Waals surface area contributed by atoms with E-state index < -0.39 is 0 Å². The van der Waals surface area contributed by atoms with Crippen LogP contribution in [0.15, 0.2) is 43.0 Å². The van der Waals surface area contributed by atoms with Gasteiger partial charge in [0.25, 0.3) is 5.91 Å². The van der Waals surface area contributed by atoms with E-state index in [0.29, 0.717) is 35.5 Å². The molecule has 11 nitrogen and oxygen atoms in total. The van der Waals surface area contributed by atoms with Gasteiger partial charge in [-0.05, 0) is 50.7 Å². The maximum absolute atomic E-state index is 13.2. The van der Waals surface area contributed by atoms with E-state index in [0.717, 1.165) is 36.6 Å². The van der Waals surface area contributed by atoms with Crippen molar-refractivity contribution in [2.75, 3.05) is 19.5 Å². The van der Waals surface area contributed by atoms with E-state index in [4.69, 9.17) is 9.84 Å². The van der Waals surface area contributed by atoms with Gasteiger partial charge < -0.3 is 20.1 Å². The molecule has 2 aliphatic carbocycles. The lowest BCUT2D eigenvalue weighted by Gasteiger charge is -2.39. The molecule has 0 spiro atoms. The number of amides is 2. The van der Waals surface area contributed by atoms with Crippen molar-refractivity contribution in [1.29, 1.82) is 0 Å². The first-order valence-corrected chi connectivity index (χ1v) is 13.0. The molecule has 0 aliphatic heterocycles. The minimum Gasteiger partial charge on any atom is -0.496 e. The average molecular weight is 518 g/mol. The van der Waals surface area contributed by atoms with Gasteiger partial charge >= 0.3 is 0 Å². The summed E-state index contributed by atoms with van der Waals surface area (Å²) < 4.78 is 9.12. The van der Waals surface area contributed by atoms with Gasteiger partial charge in [-0.3, -0.25) is 14.3 Å². The minimum absolute atomic E-state index is 0.0328. The molecule has 2 N–H and O–H groups in total. The third-order valence-corrected chi connectivity index (χ3v) is 8.01. The van der Waals surface area contributed by atoms with E-state index in [9.17, 15) is 14.7 Å². The minimum atomic E-state index is -0.324. The highest BCUT2D eigenvalue weighted by Gasteiger charge is 2.37. The molecule has 2 fully saturated rings. The molecular weight excluding hydrogens is 486 g/mol. The fourth-order valence-electron chi connectivity index (χ4n) is 5.68. The maximum Gasteiger partial charge on any atom is 0.259 e. The predicted molar refractivity (Wildman–Crippen MR) is 140 cm³/mol. The van der Waals surface area contributed by atoms with E-state index in [1.165, 1.54) is 7.11 Å². The first-order chi connectivity index (χ1) is 18.4. The van der Waals surface area contributed by atoms with Crippen molar-refractivity contribution in [1.82, 2.24) is 29.3 Å². The van der Waals surface area contributed by atoms with E-state index in [1.807, 2.05) is 22.8 Å². The Morgan fingerprint density at radius 3 is 2.71 bits per heavy atom. The van der Waals surface area contributed by atoms with Crippen molar-refractivity contribution in [2.45, 2.75) is 56.7 Å². The molecule has 3 aromatic heterocycles. The van der Waals surface area contributed by atoms with Gasteiger partial charge in [-0.1, -0.05) is 0 Å². The summed E-state index contributed by atoms with van der Waals surface area (Å²) in [5.41, 5.74) is 2.23. The molecule has 6 rings (SSSR count). The fourth-order valence-corrected chi connectivity index (χ4v) is 5.68. The van der Waals surface area contributed by atoms with Crippen LogP contribution in [0.25, 0.3) is 16.6 Å². The number of hydrogen-bond acceptors (Lipinski definition) is 7. The Morgan fingerprint density at radius 2 is 1.97 bits per heavy atom. The number of nitrogens with zero attached hydrogens (tertiary/aromatic N) is 6. The second kappa shape index (κ2) is 9.71. The summed E-state index contributed by atoms with van der Waals surface area (Å²) in [5, 5.41) is 22.3. The number of aliphatic hydroxyl groups is 1. The lowest BCUT2D eigenvalue weighted by Crippen LogP contribution is -2.47. The van der Waals surface area contributed by atoms with Crippen molar-refractivity contribution < 1.29 is 19.4 Å². The number of carbonyl (C=O) groups is 2. The van der Waals surface area contributed by atoms with Crippen LogP contribution in [0.3, 0.4) is 0 Å². The fraction of sp³-hybridized carbons (Fsp3) is 0.444. The zero-order valence-corrected chi connectivity index (χ0v) is 21.4. The summed E-state index contributed by atoms with van der Waals surface area (Å²) >= 11 is 0. The number of anilines is 1. The van der Waals surface area contributed by atoms with Gasteiger partial charge in [0.15, 0.2) is 5.65 Å². The number of nitrogens with one attached hydrogen (secondary N) is 1. The highest BCUT2D eigenvalue weighted by molar-refractivity contribution is 6.09. The maximum atomic E-state index is 13.2. The third kappa shape index (κ3) is 4.36. The quantitative estimate of drug-likeness (QED) is 0.402. The van der Waals surface area contributed by atoms with Gasteiger partial charge in [-0.2, -0.15) is 10.2 Å². The van der Waals surface area contributed by atoms with Crippen molar-refractivity contribution in [2.24, 2.45) is 5.92 Å². The Bertz CT molecular complexity index is 1500. The van der Waals surface area contributed by atoms with Crippen LogP contribution < -0.4 is 10.1 Å². The average Bonchev–Trinajstić information content (AvgIpc) is 3.53. The first-order valence-electron chi connectivity index (χ1n) is 13.0. The summed E-state index contributed by atoms with van der Waals surface area (Å²) in [6, 6.07) is 5.80. The van der Waals surface area contributed by atoms with Crippen LogP contribution in [-0.4, -0.2) is 72.5 Å². The summed E-state index contributed by atoms with van der Waals surface area (Å²) in [5.74, 6) is 0.245. The van der Waals surface area contributed by atoms with Crippen LogP contribution in [-0.2, 0) is 4.79 Å². The van der Waals surface area contributed by atoms with Gasteiger partial charge in [0.05, 0.1) is 36.5 Å². The van der Waals surface area contributed by atoms with Crippen LogP contribution in [0.4, 0.5) is 5.69 Å². The number of benzene rings is 1. The molecule has 0 radical (unpaired) electrons. The van der Waals surface area contributed by atoms with Crippen LogP contribution >= 0.6 is 0 Å². The largest absolute Gasteiger partial charge is 0.496 e. The number of aromatic nitrogens is 5. The Labute approximate surface area is 219 Å². The van der Waals surface area contributed by atoms with E-state index in [-0.39, 0.29) is 35.9 Å². The first kappa shape index (κ1) is 24.4. The molecular formula is C27H31N7O4. The third-order valence-electron chi connectivity index (χ3n) is 8.01. The molecule has 2 aliphatic rings. The van der Waals surface area contributed by atoms with Crippen LogP contribution in [0, 0.1) is 5.92 Å². The van der Waals surface area contributed by atoms with Crippen LogP contribution in [0.1, 0.15) is 54.9 Å². The number of rotatable bonds is 6. The van der Waals surface area contributed by atoms with Gasteiger partial charge in [0, 0.05) is 49.1 Å². The van der Waals surface area contributed by atoms with Gasteiger partial charge in [-0.25, -0.2) is 9.50 Å². The van der Waals surface area contributed by atoms with E-state index >= 15 is 0 Å². The molecule has 11 heteroatoms. The number of methoxy groups -OCH3 is 1. The van der Waals surface area contributed by atoms with Gasteiger partial charge in [-0.15, -0.1) is 0 Å². The Kier molecular flexibility index (Phi) is 6.22. The second-order valence-electron chi connectivity index (χ2n) is 10.4. The summed E-state index contributed by atoms with van der Waals surface area (Å²) in [6.45, 7) is 0. The number of aliphatic hydroxyl groups excluding tert-OH is 1. The van der Waals surface area contributed by atoms with Crippen molar-refractivity contribution in [3.05, 3.63) is 48.5 Å². The molecule has 38 heavy (non-hydrogen) atoms. The zero-order chi connectivity index (χ0) is 26.4. The Hall–Kier alpha value is -3.99. The molecule has 1 aromatic carbocycles. The van der Waals surface area contributed by atoms with Crippen molar-refractivity contribution >= 4 is 34.1 Å². The molecule has 3 heterocycles. The normalized spacial score (nSPS) is 23.2. The number of fused-ring (bicyclic) bond motifs is 2. The van der Waals surface area contributed by atoms with Crippen LogP contribution in [0.2, 0.25) is 0 Å². The number of ether oxygens (including phenoxy) is 1. The predicted octanol–water partition coefficient (Wildman–Crippen LogP) is 3.05. The monoisotopic (exact) mass is 517 g/mol. The van der Waals surface area contributed by atoms with Crippen molar-refractivity contribution in [3.8, 4) is 5.75 Å². The summed E-state index contributed by atoms with van der Waals surface area (Å²) in [7, 11) is 3.43.